The van der Waals surface area contributed by atoms with Gasteiger partial charge in [0, 0.05) is 24.0 Å². The molecule has 1 saturated heterocycles. The number of nitrogens with one attached hydrogen (secondary N) is 1. The lowest BCUT2D eigenvalue weighted by molar-refractivity contribution is -0.121. The Balaban J connectivity index is 1.33. The molecule has 1 fully saturated rings. The molecule has 28 heavy (non-hydrogen) atoms. The molecule has 1 aliphatic rings. The van der Waals surface area contributed by atoms with Crippen LogP contribution in [0.5, 0.6) is 0 Å². The van der Waals surface area contributed by atoms with Crippen molar-refractivity contribution in [3.05, 3.63) is 47.9 Å². The van der Waals surface area contributed by atoms with Gasteiger partial charge in [-0.05, 0) is 26.7 Å². The van der Waals surface area contributed by atoms with Crippen LogP contribution in [-0.2, 0) is 4.79 Å². The Bertz CT molecular complexity index is 913. The molecule has 0 saturated carbocycles. The van der Waals surface area contributed by atoms with E-state index in [1.54, 1.807) is 12.7 Å². The first-order valence-corrected chi connectivity index (χ1v) is 10.4. The number of likely N-dealkylation sites (tertiary alicyclic amines) is 1. The molecule has 146 valence electrons. The van der Waals surface area contributed by atoms with E-state index in [1.165, 1.54) is 16.9 Å². The molecular weight excluding hydrogens is 372 g/mol. The molecule has 7 nitrogen and oxygen atoms in total. The number of anilines is 1. The Morgan fingerprint density at radius 1 is 1.25 bits per heavy atom. The average Bonchev–Trinajstić information content (AvgIpc) is 3.40. The summed E-state index contributed by atoms with van der Waals surface area (Å²) in [6.45, 7) is 5.75. The van der Waals surface area contributed by atoms with Crippen LogP contribution in [0.25, 0.3) is 11.3 Å². The second-order valence-corrected chi connectivity index (χ2v) is 8.07. The number of nitrogens with zero attached hydrogens (tertiary/aromatic N) is 5. The Kier molecular flexibility index (Phi) is 5.50. The second kappa shape index (κ2) is 8.20. The van der Waals surface area contributed by atoms with Crippen LogP contribution in [0, 0.1) is 6.92 Å². The maximum absolute atomic E-state index is 12.7. The summed E-state index contributed by atoms with van der Waals surface area (Å²) >= 11 is 1.46. The van der Waals surface area contributed by atoms with Crippen LogP contribution in [0.1, 0.15) is 31.4 Å². The largest absolute Gasteiger partial charge is 0.301 e. The van der Waals surface area contributed by atoms with Crippen molar-refractivity contribution < 1.29 is 4.79 Å². The molecule has 2 aromatic heterocycles. The monoisotopic (exact) mass is 396 g/mol. The van der Waals surface area contributed by atoms with Crippen molar-refractivity contribution in [3.63, 3.8) is 0 Å². The smallest absolute Gasteiger partial charge is 0.243 e. The molecular formula is C20H24N6OS. The fourth-order valence-corrected chi connectivity index (χ4v) is 4.23. The fourth-order valence-electron chi connectivity index (χ4n) is 3.51. The predicted molar refractivity (Wildman–Crippen MR) is 110 cm³/mol. The van der Waals surface area contributed by atoms with E-state index in [9.17, 15) is 4.79 Å². The molecule has 0 radical (unpaired) electrons. The highest BCUT2D eigenvalue weighted by Crippen LogP contribution is 2.26. The number of amides is 1. The van der Waals surface area contributed by atoms with Crippen molar-refractivity contribution in [1.82, 2.24) is 24.6 Å². The molecule has 1 unspecified atom stereocenters. The van der Waals surface area contributed by atoms with E-state index in [0.29, 0.717) is 11.2 Å². The third-order valence-electron chi connectivity index (χ3n) is 5.32. The quantitative estimate of drug-likeness (QED) is 0.716. The number of benzene rings is 1. The summed E-state index contributed by atoms with van der Waals surface area (Å²) in [6.07, 6.45) is 5.28. The lowest BCUT2D eigenvalue weighted by atomic mass is 10.0. The van der Waals surface area contributed by atoms with Crippen LogP contribution >= 0.6 is 11.3 Å². The van der Waals surface area contributed by atoms with Gasteiger partial charge >= 0.3 is 0 Å². The maximum Gasteiger partial charge on any atom is 0.243 e. The molecule has 3 aromatic rings. The zero-order valence-corrected chi connectivity index (χ0v) is 16.9. The van der Waals surface area contributed by atoms with E-state index in [-0.39, 0.29) is 11.9 Å². The van der Waals surface area contributed by atoms with Crippen LogP contribution in [0.2, 0.25) is 0 Å². The Labute approximate surface area is 168 Å². The number of hydrogen-bond acceptors (Lipinski definition) is 6. The van der Waals surface area contributed by atoms with Gasteiger partial charge in [0.1, 0.15) is 12.7 Å². The van der Waals surface area contributed by atoms with Crippen LogP contribution in [-0.4, -0.2) is 49.7 Å². The molecule has 1 N–H and O–H groups in total. The first-order valence-electron chi connectivity index (χ1n) is 9.52. The average molecular weight is 397 g/mol. The minimum absolute atomic E-state index is 0.0102. The summed E-state index contributed by atoms with van der Waals surface area (Å²) in [5.41, 5.74) is 3.17. The molecule has 3 heterocycles. The number of piperidine rings is 1. The van der Waals surface area contributed by atoms with Crippen molar-refractivity contribution in [2.75, 3.05) is 18.4 Å². The van der Waals surface area contributed by atoms with Crippen molar-refractivity contribution in [1.29, 1.82) is 0 Å². The van der Waals surface area contributed by atoms with Gasteiger partial charge in [-0.3, -0.25) is 9.69 Å². The minimum Gasteiger partial charge on any atom is -0.301 e. The van der Waals surface area contributed by atoms with E-state index in [1.807, 2.05) is 17.0 Å². The zero-order chi connectivity index (χ0) is 19.5. The molecule has 1 atom stereocenters. The fraction of sp³-hybridized carbons (Fsp3) is 0.400. The minimum atomic E-state index is -0.191. The topological polar surface area (TPSA) is 75.9 Å². The van der Waals surface area contributed by atoms with E-state index in [0.717, 1.165) is 37.2 Å². The molecule has 4 rings (SSSR count). The van der Waals surface area contributed by atoms with E-state index >= 15 is 0 Å². The number of aromatic nitrogens is 4. The Hall–Kier alpha value is -2.58. The lowest BCUT2D eigenvalue weighted by Gasteiger charge is -2.35. The summed E-state index contributed by atoms with van der Waals surface area (Å²) in [7, 11) is 0. The standard InChI is InChI=1S/C20H24N6OS/c1-14-3-5-16(6-4-14)18-11-28-20(23-18)24-19(27)15(2)25-9-7-17(8-10-25)26-13-21-12-22-26/h3-6,11-13,15,17H,7-10H2,1-2H3,(H,23,24,27). The number of carbonyl (C=O) groups is 1. The van der Waals surface area contributed by atoms with Crippen LogP contribution < -0.4 is 5.32 Å². The number of aryl methyl sites for hydroxylation is 1. The number of hydrogen-bond donors (Lipinski definition) is 1. The normalized spacial score (nSPS) is 16.8. The molecule has 1 amide bonds. The predicted octanol–water partition coefficient (Wildman–Crippen LogP) is 3.37. The molecule has 8 heteroatoms. The van der Waals surface area contributed by atoms with Gasteiger partial charge in [-0.2, -0.15) is 5.10 Å². The number of carbonyl (C=O) groups excluding carboxylic acids is 1. The van der Waals surface area contributed by atoms with Gasteiger partial charge in [0.05, 0.1) is 17.8 Å². The molecule has 0 bridgehead atoms. The zero-order valence-electron chi connectivity index (χ0n) is 16.1. The van der Waals surface area contributed by atoms with Crippen molar-refractivity contribution in [2.24, 2.45) is 0 Å². The summed E-state index contributed by atoms with van der Waals surface area (Å²) in [4.78, 5) is 23.5. The van der Waals surface area contributed by atoms with Crippen LogP contribution in [0.4, 0.5) is 5.13 Å². The maximum atomic E-state index is 12.7. The highest BCUT2D eigenvalue weighted by atomic mass is 32.1. The third kappa shape index (κ3) is 4.13. The third-order valence-corrected chi connectivity index (χ3v) is 6.08. The first-order chi connectivity index (χ1) is 13.6. The highest BCUT2D eigenvalue weighted by molar-refractivity contribution is 7.14. The summed E-state index contributed by atoms with van der Waals surface area (Å²) < 4.78 is 1.92. The van der Waals surface area contributed by atoms with Gasteiger partial charge in [-0.1, -0.05) is 29.8 Å². The van der Waals surface area contributed by atoms with Gasteiger partial charge < -0.3 is 5.32 Å². The first kappa shape index (κ1) is 18.8. The number of rotatable bonds is 5. The number of thiazole rings is 1. The highest BCUT2D eigenvalue weighted by Gasteiger charge is 2.28. The van der Waals surface area contributed by atoms with Gasteiger partial charge in [0.2, 0.25) is 5.91 Å². The molecule has 1 aliphatic heterocycles. The van der Waals surface area contributed by atoms with E-state index < -0.39 is 0 Å². The Morgan fingerprint density at radius 3 is 2.68 bits per heavy atom. The van der Waals surface area contributed by atoms with Crippen LogP contribution in [0.3, 0.4) is 0 Å². The van der Waals surface area contributed by atoms with Crippen molar-refractivity contribution >= 4 is 22.4 Å². The van der Waals surface area contributed by atoms with E-state index in [2.05, 4.69) is 56.5 Å². The van der Waals surface area contributed by atoms with Crippen molar-refractivity contribution in [2.45, 2.75) is 38.8 Å². The molecule has 0 spiro atoms. The summed E-state index contributed by atoms with van der Waals surface area (Å²) in [5.74, 6) is -0.0102. The lowest BCUT2D eigenvalue weighted by Crippen LogP contribution is -2.46. The Morgan fingerprint density at radius 2 is 2.00 bits per heavy atom. The molecule has 0 aliphatic carbocycles. The van der Waals surface area contributed by atoms with Crippen LogP contribution in [0.15, 0.2) is 42.3 Å². The van der Waals surface area contributed by atoms with E-state index in [4.69, 9.17) is 0 Å². The van der Waals surface area contributed by atoms with Gasteiger partial charge in [-0.15, -0.1) is 11.3 Å². The summed E-state index contributed by atoms with van der Waals surface area (Å²) in [6, 6.07) is 8.42. The van der Waals surface area contributed by atoms with Crippen molar-refractivity contribution in [3.8, 4) is 11.3 Å². The molecule has 1 aromatic carbocycles. The SMILES string of the molecule is Cc1ccc(-c2csc(NC(=O)C(C)N3CCC(n4cncn4)CC3)n2)cc1. The summed E-state index contributed by atoms with van der Waals surface area (Å²) in [5, 5.41) is 9.84. The van der Waals surface area contributed by atoms with Gasteiger partial charge in [0.15, 0.2) is 5.13 Å². The van der Waals surface area contributed by atoms with Gasteiger partial charge in [0.25, 0.3) is 0 Å². The second-order valence-electron chi connectivity index (χ2n) is 7.21. The van der Waals surface area contributed by atoms with Gasteiger partial charge in [-0.25, -0.2) is 14.6 Å².